The van der Waals surface area contributed by atoms with Gasteiger partial charge in [-0.3, -0.25) is 4.79 Å². The number of nitrogens with zero attached hydrogens (tertiary/aromatic N) is 1. The van der Waals surface area contributed by atoms with Gasteiger partial charge in [-0.05, 0) is 45.1 Å². The molecular weight excluding hydrogens is 248 g/mol. The molecule has 2 rings (SSSR count). The van der Waals surface area contributed by atoms with Crippen LogP contribution in [0.4, 0.5) is 0 Å². The molecule has 1 aliphatic rings. The van der Waals surface area contributed by atoms with Gasteiger partial charge in [-0.15, -0.1) is 0 Å². The smallest absolute Gasteiger partial charge is 0.223 e. The molecule has 1 aromatic carbocycles. The molecule has 0 radical (unpaired) electrons. The van der Waals surface area contributed by atoms with Crippen molar-refractivity contribution in [2.24, 2.45) is 5.73 Å². The molecule has 0 saturated carbocycles. The monoisotopic (exact) mass is 274 g/mol. The highest BCUT2D eigenvalue weighted by atomic mass is 16.2. The number of benzene rings is 1. The molecule has 1 fully saturated rings. The highest BCUT2D eigenvalue weighted by Crippen LogP contribution is 2.24. The molecule has 3 unspecified atom stereocenters. The van der Waals surface area contributed by atoms with E-state index in [1.807, 2.05) is 30.3 Å². The fourth-order valence-electron chi connectivity index (χ4n) is 3.19. The van der Waals surface area contributed by atoms with Gasteiger partial charge in [0.1, 0.15) is 0 Å². The first kappa shape index (κ1) is 15.0. The summed E-state index contributed by atoms with van der Waals surface area (Å²) in [6, 6.07) is 10.7. The first-order chi connectivity index (χ1) is 9.59. The van der Waals surface area contributed by atoms with Crippen LogP contribution in [0, 0.1) is 0 Å². The summed E-state index contributed by atoms with van der Waals surface area (Å²) in [6.45, 7) is 4.31. The molecule has 3 nitrogen and oxygen atoms in total. The Kier molecular flexibility index (Phi) is 5.18. The van der Waals surface area contributed by atoms with Gasteiger partial charge in [0.15, 0.2) is 0 Å². The van der Waals surface area contributed by atoms with E-state index in [4.69, 9.17) is 5.73 Å². The normalized spacial score (nSPS) is 24.4. The SMILES string of the molecule is CC1CCCC(C)N1C(=O)CCC(N)c1ccccc1. The predicted molar refractivity (Wildman–Crippen MR) is 82.2 cm³/mol. The summed E-state index contributed by atoms with van der Waals surface area (Å²) in [5, 5.41) is 0. The molecule has 0 bridgehead atoms. The van der Waals surface area contributed by atoms with Crippen LogP contribution in [0.3, 0.4) is 0 Å². The number of hydrogen-bond donors (Lipinski definition) is 1. The Bertz CT molecular complexity index is 422. The first-order valence-corrected chi connectivity index (χ1v) is 7.71. The number of likely N-dealkylation sites (tertiary alicyclic amines) is 1. The summed E-state index contributed by atoms with van der Waals surface area (Å²) in [5.41, 5.74) is 7.28. The van der Waals surface area contributed by atoms with Crippen molar-refractivity contribution in [1.29, 1.82) is 0 Å². The summed E-state index contributed by atoms with van der Waals surface area (Å²) in [5.74, 6) is 0.260. The van der Waals surface area contributed by atoms with Crippen molar-refractivity contribution in [3.8, 4) is 0 Å². The molecule has 1 heterocycles. The molecule has 0 aliphatic carbocycles. The zero-order valence-corrected chi connectivity index (χ0v) is 12.6. The van der Waals surface area contributed by atoms with E-state index in [0.717, 1.165) is 24.8 Å². The van der Waals surface area contributed by atoms with E-state index < -0.39 is 0 Å². The van der Waals surface area contributed by atoms with Crippen LogP contribution in [0.1, 0.15) is 57.6 Å². The van der Waals surface area contributed by atoms with Crippen molar-refractivity contribution in [1.82, 2.24) is 4.90 Å². The van der Waals surface area contributed by atoms with Crippen molar-refractivity contribution in [3.63, 3.8) is 0 Å². The lowest BCUT2D eigenvalue weighted by atomic mass is 9.96. The third kappa shape index (κ3) is 3.60. The molecule has 110 valence electrons. The number of carbonyl (C=O) groups is 1. The van der Waals surface area contributed by atoms with Crippen LogP contribution in [-0.4, -0.2) is 22.9 Å². The third-order valence-corrected chi connectivity index (χ3v) is 4.38. The summed E-state index contributed by atoms with van der Waals surface area (Å²) >= 11 is 0. The molecule has 0 spiro atoms. The minimum absolute atomic E-state index is 0.0458. The molecule has 1 amide bonds. The van der Waals surface area contributed by atoms with E-state index in [0.29, 0.717) is 18.5 Å². The molecule has 1 saturated heterocycles. The van der Waals surface area contributed by atoms with Crippen molar-refractivity contribution in [2.45, 2.75) is 64.1 Å². The van der Waals surface area contributed by atoms with Gasteiger partial charge < -0.3 is 10.6 Å². The van der Waals surface area contributed by atoms with Crippen molar-refractivity contribution in [3.05, 3.63) is 35.9 Å². The lowest BCUT2D eigenvalue weighted by Gasteiger charge is -2.39. The van der Waals surface area contributed by atoms with Crippen LogP contribution in [0.15, 0.2) is 30.3 Å². The van der Waals surface area contributed by atoms with E-state index in [1.54, 1.807) is 0 Å². The van der Waals surface area contributed by atoms with Crippen LogP contribution >= 0.6 is 0 Å². The Hall–Kier alpha value is -1.35. The van der Waals surface area contributed by atoms with E-state index in [2.05, 4.69) is 18.7 Å². The van der Waals surface area contributed by atoms with Gasteiger partial charge in [-0.25, -0.2) is 0 Å². The summed E-state index contributed by atoms with van der Waals surface area (Å²) in [4.78, 5) is 14.5. The number of amides is 1. The van der Waals surface area contributed by atoms with Crippen molar-refractivity contribution in [2.75, 3.05) is 0 Å². The minimum atomic E-state index is -0.0458. The number of carbonyl (C=O) groups excluding carboxylic acids is 1. The average Bonchev–Trinajstić information content (AvgIpc) is 2.45. The highest BCUT2D eigenvalue weighted by Gasteiger charge is 2.28. The Morgan fingerprint density at radius 3 is 2.45 bits per heavy atom. The fourth-order valence-corrected chi connectivity index (χ4v) is 3.19. The number of nitrogens with two attached hydrogens (primary N) is 1. The van der Waals surface area contributed by atoms with E-state index in [9.17, 15) is 4.79 Å². The second-order valence-electron chi connectivity index (χ2n) is 5.99. The van der Waals surface area contributed by atoms with Gasteiger partial charge in [0, 0.05) is 24.5 Å². The van der Waals surface area contributed by atoms with Gasteiger partial charge in [0.05, 0.1) is 0 Å². The van der Waals surface area contributed by atoms with E-state index in [-0.39, 0.29) is 11.9 Å². The lowest BCUT2D eigenvalue weighted by molar-refractivity contribution is -0.137. The number of piperidine rings is 1. The van der Waals surface area contributed by atoms with Gasteiger partial charge >= 0.3 is 0 Å². The summed E-state index contributed by atoms with van der Waals surface area (Å²) in [6.07, 6.45) is 4.75. The zero-order valence-electron chi connectivity index (χ0n) is 12.6. The molecule has 0 aromatic heterocycles. The lowest BCUT2D eigenvalue weighted by Crippen LogP contribution is -2.47. The number of hydrogen-bond acceptors (Lipinski definition) is 2. The maximum absolute atomic E-state index is 12.4. The largest absolute Gasteiger partial charge is 0.337 e. The second kappa shape index (κ2) is 6.89. The number of rotatable bonds is 4. The van der Waals surface area contributed by atoms with Crippen LogP contribution < -0.4 is 5.73 Å². The Balaban J connectivity index is 1.88. The predicted octanol–water partition coefficient (Wildman–Crippen LogP) is 3.26. The molecule has 1 aromatic rings. The Morgan fingerprint density at radius 2 is 1.85 bits per heavy atom. The van der Waals surface area contributed by atoms with Crippen LogP contribution in [0.5, 0.6) is 0 Å². The van der Waals surface area contributed by atoms with Crippen LogP contribution in [0.2, 0.25) is 0 Å². The van der Waals surface area contributed by atoms with Crippen molar-refractivity contribution < 1.29 is 4.79 Å². The van der Waals surface area contributed by atoms with E-state index >= 15 is 0 Å². The summed E-state index contributed by atoms with van der Waals surface area (Å²) in [7, 11) is 0. The average molecular weight is 274 g/mol. The first-order valence-electron chi connectivity index (χ1n) is 7.71. The topological polar surface area (TPSA) is 46.3 Å². The third-order valence-electron chi connectivity index (χ3n) is 4.38. The molecule has 2 N–H and O–H groups in total. The van der Waals surface area contributed by atoms with Crippen LogP contribution in [-0.2, 0) is 4.79 Å². The maximum Gasteiger partial charge on any atom is 0.223 e. The quantitative estimate of drug-likeness (QED) is 0.916. The second-order valence-corrected chi connectivity index (χ2v) is 5.99. The highest BCUT2D eigenvalue weighted by molar-refractivity contribution is 5.77. The van der Waals surface area contributed by atoms with Gasteiger partial charge in [0.25, 0.3) is 0 Å². The standard InChI is InChI=1S/C17H26N2O/c1-13-7-6-8-14(2)19(13)17(20)12-11-16(18)15-9-4-3-5-10-15/h3-5,9-10,13-14,16H,6-8,11-12,18H2,1-2H3. The molecule has 1 aliphatic heterocycles. The molecule has 20 heavy (non-hydrogen) atoms. The molecular formula is C17H26N2O. The summed E-state index contributed by atoms with van der Waals surface area (Å²) < 4.78 is 0. The van der Waals surface area contributed by atoms with Gasteiger partial charge in [-0.1, -0.05) is 30.3 Å². The molecule has 3 heteroatoms. The minimum Gasteiger partial charge on any atom is -0.337 e. The van der Waals surface area contributed by atoms with E-state index in [1.165, 1.54) is 6.42 Å². The zero-order chi connectivity index (χ0) is 14.5. The Morgan fingerprint density at radius 1 is 1.25 bits per heavy atom. The van der Waals surface area contributed by atoms with Gasteiger partial charge in [-0.2, -0.15) is 0 Å². The fraction of sp³-hybridized carbons (Fsp3) is 0.588. The molecule has 3 atom stereocenters. The van der Waals surface area contributed by atoms with Crippen LogP contribution in [0.25, 0.3) is 0 Å². The van der Waals surface area contributed by atoms with Crippen molar-refractivity contribution >= 4 is 5.91 Å². The Labute approximate surface area is 122 Å². The maximum atomic E-state index is 12.4. The van der Waals surface area contributed by atoms with Gasteiger partial charge in [0.2, 0.25) is 5.91 Å².